The second kappa shape index (κ2) is 11.4. The summed E-state index contributed by atoms with van der Waals surface area (Å²) in [5, 5.41) is 6.10. The summed E-state index contributed by atoms with van der Waals surface area (Å²) in [7, 11) is 1.32. The standard InChI is InChI=1S/C24H30N4O4/c1-17-14-18(2)16-21(15-17)26-24(25-8-9-28-10-12-32-13-11-28)27-22(29)19-4-6-20(7-5-19)23(30)31-3/h4-7,14-16H,8-13H2,1-3H3,(H2,25,26,27,29). The van der Waals surface area contributed by atoms with E-state index in [9.17, 15) is 9.59 Å². The molecular weight excluding hydrogens is 408 g/mol. The largest absolute Gasteiger partial charge is 0.465 e. The topological polar surface area (TPSA) is 92.3 Å². The van der Waals surface area contributed by atoms with Crippen LogP contribution in [0, 0.1) is 13.8 Å². The Balaban J connectivity index is 1.72. The van der Waals surface area contributed by atoms with E-state index in [1.165, 1.54) is 7.11 Å². The van der Waals surface area contributed by atoms with Gasteiger partial charge in [0.05, 0.1) is 32.4 Å². The summed E-state index contributed by atoms with van der Waals surface area (Å²) in [5.74, 6) is -0.382. The van der Waals surface area contributed by atoms with Gasteiger partial charge in [0.2, 0.25) is 5.96 Å². The lowest BCUT2D eigenvalue weighted by Crippen LogP contribution is -2.39. The highest BCUT2D eigenvalue weighted by Crippen LogP contribution is 2.14. The molecule has 0 radical (unpaired) electrons. The number of hydrogen-bond donors (Lipinski definition) is 2. The Morgan fingerprint density at radius 1 is 1.03 bits per heavy atom. The third kappa shape index (κ3) is 6.90. The van der Waals surface area contributed by atoms with Crippen molar-refractivity contribution >= 4 is 23.5 Å². The molecule has 3 rings (SSSR count). The fourth-order valence-corrected chi connectivity index (χ4v) is 3.48. The molecule has 2 aromatic carbocycles. The summed E-state index contributed by atoms with van der Waals surface area (Å²) in [6.07, 6.45) is 0. The molecule has 1 amide bonds. The first-order chi connectivity index (χ1) is 15.4. The van der Waals surface area contributed by atoms with Crippen molar-refractivity contribution < 1.29 is 19.1 Å². The van der Waals surface area contributed by atoms with Crippen LogP contribution in [0.4, 0.5) is 5.69 Å². The maximum Gasteiger partial charge on any atom is 0.337 e. The molecule has 0 bridgehead atoms. The number of carbonyl (C=O) groups is 2. The molecule has 8 nitrogen and oxygen atoms in total. The number of amides is 1. The third-order valence-electron chi connectivity index (χ3n) is 5.07. The van der Waals surface area contributed by atoms with Crippen LogP contribution >= 0.6 is 0 Å². The minimum Gasteiger partial charge on any atom is -0.465 e. The number of nitrogens with zero attached hydrogens (tertiary/aromatic N) is 2. The minimum absolute atomic E-state index is 0.316. The Kier molecular flexibility index (Phi) is 8.35. The third-order valence-corrected chi connectivity index (χ3v) is 5.07. The van der Waals surface area contributed by atoms with Crippen LogP contribution in [0.1, 0.15) is 31.8 Å². The number of hydrogen-bond acceptors (Lipinski definition) is 6. The van der Waals surface area contributed by atoms with E-state index < -0.39 is 5.97 Å². The van der Waals surface area contributed by atoms with Gasteiger partial charge in [0.1, 0.15) is 0 Å². The second-order valence-corrected chi connectivity index (χ2v) is 7.71. The first kappa shape index (κ1) is 23.4. The van der Waals surface area contributed by atoms with Crippen molar-refractivity contribution in [2.75, 3.05) is 51.8 Å². The molecule has 0 aliphatic carbocycles. The summed E-state index contributed by atoms with van der Waals surface area (Å²) in [4.78, 5) is 31.3. The molecule has 1 fully saturated rings. The minimum atomic E-state index is -0.446. The Morgan fingerprint density at radius 2 is 1.66 bits per heavy atom. The average molecular weight is 439 g/mol. The number of aryl methyl sites for hydroxylation is 2. The van der Waals surface area contributed by atoms with Crippen molar-refractivity contribution in [3.05, 3.63) is 64.7 Å². The summed E-state index contributed by atoms with van der Waals surface area (Å²) in [6, 6.07) is 12.4. The van der Waals surface area contributed by atoms with Crippen LogP contribution < -0.4 is 10.6 Å². The van der Waals surface area contributed by atoms with Crippen LogP contribution in [0.5, 0.6) is 0 Å². The number of morpholine rings is 1. The van der Waals surface area contributed by atoms with Gasteiger partial charge >= 0.3 is 5.97 Å². The summed E-state index contributed by atoms with van der Waals surface area (Å²) in [5.41, 5.74) is 3.89. The van der Waals surface area contributed by atoms with Crippen molar-refractivity contribution in [2.24, 2.45) is 4.99 Å². The number of methoxy groups -OCH3 is 1. The molecule has 1 aliphatic rings. The maximum atomic E-state index is 12.8. The normalized spacial score (nSPS) is 14.7. The van der Waals surface area contributed by atoms with Crippen molar-refractivity contribution in [3.8, 4) is 0 Å². The zero-order chi connectivity index (χ0) is 22.9. The van der Waals surface area contributed by atoms with E-state index in [1.54, 1.807) is 24.3 Å². The van der Waals surface area contributed by atoms with Crippen LogP contribution in [0.3, 0.4) is 0 Å². The summed E-state index contributed by atoms with van der Waals surface area (Å²) < 4.78 is 10.1. The van der Waals surface area contributed by atoms with Crippen LogP contribution in [-0.4, -0.2) is 69.2 Å². The van der Waals surface area contributed by atoms with Gasteiger partial charge in [-0.3, -0.25) is 20.0 Å². The maximum absolute atomic E-state index is 12.8. The fourth-order valence-electron chi connectivity index (χ4n) is 3.48. The predicted octanol–water partition coefficient (Wildman–Crippen LogP) is 2.62. The van der Waals surface area contributed by atoms with Gasteiger partial charge < -0.3 is 14.8 Å². The van der Waals surface area contributed by atoms with E-state index in [0.29, 0.717) is 23.6 Å². The highest BCUT2D eigenvalue weighted by molar-refractivity contribution is 6.10. The SMILES string of the molecule is COC(=O)c1ccc(C(=O)NC(=NCCN2CCOCC2)Nc2cc(C)cc(C)c2)cc1. The Bertz CT molecular complexity index is 946. The number of ether oxygens (including phenoxy) is 2. The highest BCUT2D eigenvalue weighted by atomic mass is 16.5. The van der Waals surface area contributed by atoms with E-state index >= 15 is 0 Å². The molecule has 0 unspecified atom stereocenters. The molecule has 2 aromatic rings. The zero-order valence-electron chi connectivity index (χ0n) is 18.8. The Morgan fingerprint density at radius 3 is 2.28 bits per heavy atom. The van der Waals surface area contributed by atoms with Gasteiger partial charge in [0.25, 0.3) is 5.91 Å². The molecule has 170 valence electrons. The van der Waals surface area contributed by atoms with Crippen LogP contribution in [0.2, 0.25) is 0 Å². The van der Waals surface area contributed by atoms with E-state index in [4.69, 9.17) is 9.47 Å². The first-order valence-electron chi connectivity index (χ1n) is 10.6. The number of anilines is 1. The molecule has 2 N–H and O–H groups in total. The zero-order valence-corrected chi connectivity index (χ0v) is 18.8. The van der Waals surface area contributed by atoms with Crippen LogP contribution in [0.15, 0.2) is 47.5 Å². The van der Waals surface area contributed by atoms with Gasteiger partial charge in [-0.25, -0.2) is 4.79 Å². The fraction of sp³-hybridized carbons (Fsp3) is 0.375. The molecule has 0 spiro atoms. The van der Waals surface area contributed by atoms with Crippen LogP contribution in [0.25, 0.3) is 0 Å². The number of aliphatic imine (C=N–C) groups is 1. The van der Waals surface area contributed by atoms with E-state index in [0.717, 1.165) is 49.7 Å². The average Bonchev–Trinajstić information content (AvgIpc) is 2.78. The lowest BCUT2D eigenvalue weighted by molar-refractivity contribution is 0.0394. The smallest absolute Gasteiger partial charge is 0.337 e. The summed E-state index contributed by atoms with van der Waals surface area (Å²) in [6.45, 7) is 8.59. The van der Waals surface area contributed by atoms with Crippen molar-refractivity contribution in [1.82, 2.24) is 10.2 Å². The lowest BCUT2D eigenvalue weighted by atomic mass is 10.1. The van der Waals surface area contributed by atoms with Gasteiger partial charge in [-0.2, -0.15) is 0 Å². The van der Waals surface area contributed by atoms with Crippen molar-refractivity contribution in [1.29, 1.82) is 0 Å². The molecule has 0 atom stereocenters. The van der Waals surface area contributed by atoms with Crippen molar-refractivity contribution in [3.63, 3.8) is 0 Å². The van der Waals surface area contributed by atoms with E-state index in [-0.39, 0.29) is 5.91 Å². The van der Waals surface area contributed by atoms with Gasteiger partial charge in [0.15, 0.2) is 0 Å². The van der Waals surface area contributed by atoms with Gasteiger partial charge in [-0.1, -0.05) is 6.07 Å². The number of nitrogens with one attached hydrogen (secondary N) is 2. The second-order valence-electron chi connectivity index (χ2n) is 7.71. The monoisotopic (exact) mass is 438 g/mol. The number of guanidine groups is 1. The van der Waals surface area contributed by atoms with E-state index in [1.807, 2.05) is 26.0 Å². The Hall–Kier alpha value is -3.23. The number of rotatable bonds is 6. The molecule has 1 saturated heterocycles. The van der Waals surface area contributed by atoms with Crippen LogP contribution in [-0.2, 0) is 9.47 Å². The molecule has 1 heterocycles. The number of esters is 1. The van der Waals surface area contributed by atoms with E-state index in [2.05, 4.69) is 26.6 Å². The number of carbonyl (C=O) groups excluding carboxylic acids is 2. The first-order valence-corrected chi connectivity index (χ1v) is 10.6. The van der Waals surface area contributed by atoms with Gasteiger partial charge in [-0.05, 0) is 61.4 Å². The molecular formula is C24H30N4O4. The molecule has 0 saturated carbocycles. The molecule has 8 heteroatoms. The molecule has 32 heavy (non-hydrogen) atoms. The number of benzene rings is 2. The van der Waals surface area contributed by atoms with Gasteiger partial charge in [-0.15, -0.1) is 0 Å². The van der Waals surface area contributed by atoms with Gasteiger partial charge in [0, 0.05) is 30.9 Å². The van der Waals surface area contributed by atoms with Crippen molar-refractivity contribution in [2.45, 2.75) is 13.8 Å². The lowest BCUT2D eigenvalue weighted by Gasteiger charge is -2.25. The predicted molar refractivity (Wildman–Crippen MR) is 124 cm³/mol. The summed E-state index contributed by atoms with van der Waals surface area (Å²) >= 11 is 0. The Labute approximate surface area is 188 Å². The molecule has 0 aromatic heterocycles. The quantitative estimate of drug-likeness (QED) is 0.409. The molecule has 1 aliphatic heterocycles. The highest BCUT2D eigenvalue weighted by Gasteiger charge is 2.13.